The molecule has 5 nitrogen and oxygen atoms in total. The molecule has 0 aliphatic heterocycles. The molecule has 0 aromatic rings. The van der Waals surface area contributed by atoms with E-state index in [4.69, 9.17) is 5.11 Å². The molecule has 0 spiro atoms. The second-order valence-electron chi connectivity index (χ2n) is 3.41. The Labute approximate surface area is 85.9 Å². The summed E-state index contributed by atoms with van der Waals surface area (Å²) in [5, 5.41) is 12.0. The van der Waals surface area contributed by atoms with Crippen LogP contribution in [0.25, 0.3) is 0 Å². The Kier molecular flexibility index (Phi) is 7.08. The summed E-state index contributed by atoms with van der Waals surface area (Å²) in [5.41, 5.74) is 0. The maximum absolute atomic E-state index is 10.6. The van der Waals surface area contributed by atoms with Gasteiger partial charge in [-0.3, -0.25) is 0 Å². The zero-order valence-electron chi connectivity index (χ0n) is 8.78. The molecule has 0 aliphatic rings. The summed E-state index contributed by atoms with van der Waals surface area (Å²) in [5.74, 6) is 0. The highest BCUT2D eigenvalue weighted by Gasteiger charge is 1.98. The lowest BCUT2D eigenvalue weighted by Gasteiger charge is -2.06. The Balaban J connectivity index is 3.15. The summed E-state index contributed by atoms with van der Waals surface area (Å²) >= 11 is 0. The molecule has 0 saturated carbocycles. The number of aliphatic hydroxyl groups is 1. The largest absolute Gasteiger partial charge is 0.393 e. The molecule has 3 N–H and O–H groups in total. The first kappa shape index (κ1) is 13.8. The molecule has 0 aromatic heterocycles. The molecule has 1 unspecified atom stereocenters. The Hall–Kier alpha value is -0.170. The van der Waals surface area contributed by atoms with Crippen molar-refractivity contribution in [2.45, 2.75) is 25.9 Å². The van der Waals surface area contributed by atoms with Gasteiger partial charge in [0.25, 0.3) is 0 Å². The molecular formula is C8H20N2O3S. The summed E-state index contributed by atoms with van der Waals surface area (Å²) in [6, 6.07) is 0. The third-order valence-corrected chi connectivity index (χ3v) is 2.36. The SMILES string of the molecule is CC(O)CCNCCCNS(C)(=O)=O. The Morgan fingerprint density at radius 3 is 2.43 bits per heavy atom. The van der Waals surface area contributed by atoms with Crippen molar-refractivity contribution in [3.63, 3.8) is 0 Å². The van der Waals surface area contributed by atoms with Crippen LogP contribution in [0.1, 0.15) is 19.8 Å². The van der Waals surface area contributed by atoms with Crippen molar-refractivity contribution in [1.82, 2.24) is 10.0 Å². The first-order chi connectivity index (χ1) is 6.42. The molecular weight excluding hydrogens is 204 g/mol. The number of nitrogens with one attached hydrogen (secondary N) is 2. The fourth-order valence-electron chi connectivity index (χ4n) is 0.907. The van der Waals surface area contributed by atoms with Gasteiger partial charge < -0.3 is 10.4 Å². The van der Waals surface area contributed by atoms with Crippen molar-refractivity contribution in [1.29, 1.82) is 0 Å². The van der Waals surface area contributed by atoms with Crippen LogP contribution in [0, 0.1) is 0 Å². The highest BCUT2D eigenvalue weighted by Crippen LogP contribution is 1.86. The lowest BCUT2D eigenvalue weighted by Crippen LogP contribution is -2.27. The van der Waals surface area contributed by atoms with Crippen LogP contribution < -0.4 is 10.0 Å². The highest BCUT2D eigenvalue weighted by atomic mass is 32.2. The van der Waals surface area contributed by atoms with Crippen LogP contribution in [-0.4, -0.2) is 45.5 Å². The van der Waals surface area contributed by atoms with Crippen LogP contribution >= 0.6 is 0 Å². The minimum atomic E-state index is -3.05. The van der Waals surface area contributed by atoms with E-state index < -0.39 is 10.0 Å². The molecule has 0 fully saturated rings. The molecule has 6 heteroatoms. The molecule has 1 atom stereocenters. The predicted molar refractivity (Wildman–Crippen MR) is 56.6 cm³/mol. The van der Waals surface area contributed by atoms with E-state index in [2.05, 4.69) is 10.0 Å². The maximum Gasteiger partial charge on any atom is 0.208 e. The molecule has 0 bridgehead atoms. The molecule has 0 radical (unpaired) electrons. The van der Waals surface area contributed by atoms with E-state index in [9.17, 15) is 8.42 Å². The van der Waals surface area contributed by atoms with Gasteiger partial charge >= 0.3 is 0 Å². The lowest BCUT2D eigenvalue weighted by atomic mass is 10.3. The fraction of sp³-hybridized carbons (Fsp3) is 1.00. The summed E-state index contributed by atoms with van der Waals surface area (Å²) in [4.78, 5) is 0. The van der Waals surface area contributed by atoms with Gasteiger partial charge in [-0.1, -0.05) is 0 Å². The van der Waals surface area contributed by atoms with Crippen molar-refractivity contribution < 1.29 is 13.5 Å². The summed E-state index contributed by atoms with van der Waals surface area (Å²) in [7, 11) is -3.05. The average molecular weight is 224 g/mol. The fourth-order valence-corrected chi connectivity index (χ4v) is 1.42. The van der Waals surface area contributed by atoms with Crippen LogP contribution in [0.3, 0.4) is 0 Å². The molecule has 0 aliphatic carbocycles. The van der Waals surface area contributed by atoms with Gasteiger partial charge in [-0.25, -0.2) is 13.1 Å². The zero-order chi connectivity index (χ0) is 11.0. The van der Waals surface area contributed by atoms with Crippen LogP contribution in [0.2, 0.25) is 0 Å². The van der Waals surface area contributed by atoms with E-state index in [1.807, 2.05) is 0 Å². The van der Waals surface area contributed by atoms with E-state index in [0.717, 1.165) is 32.2 Å². The Bertz CT molecular complexity index is 227. The van der Waals surface area contributed by atoms with Crippen molar-refractivity contribution >= 4 is 10.0 Å². The van der Waals surface area contributed by atoms with Gasteiger partial charge in [0, 0.05) is 6.54 Å². The van der Waals surface area contributed by atoms with Gasteiger partial charge in [0.2, 0.25) is 10.0 Å². The van der Waals surface area contributed by atoms with Gasteiger partial charge in [-0.05, 0) is 32.9 Å². The lowest BCUT2D eigenvalue weighted by molar-refractivity contribution is 0.184. The third-order valence-electron chi connectivity index (χ3n) is 1.63. The summed E-state index contributed by atoms with van der Waals surface area (Å²) in [6.07, 6.45) is 2.34. The number of aliphatic hydroxyl groups excluding tert-OH is 1. The smallest absolute Gasteiger partial charge is 0.208 e. The molecule has 0 aromatic carbocycles. The average Bonchev–Trinajstić information content (AvgIpc) is 2.00. The van der Waals surface area contributed by atoms with Gasteiger partial charge in [0.1, 0.15) is 0 Å². The van der Waals surface area contributed by atoms with Crippen molar-refractivity contribution in [2.75, 3.05) is 25.9 Å². The normalized spacial score (nSPS) is 14.2. The number of sulfonamides is 1. The molecule has 0 amide bonds. The van der Waals surface area contributed by atoms with Crippen LogP contribution in [0.4, 0.5) is 0 Å². The predicted octanol–water partition coefficient (Wildman–Crippen LogP) is -0.714. The van der Waals surface area contributed by atoms with E-state index in [-0.39, 0.29) is 6.10 Å². The van der Waals surface area contributed by atoms with Crippen molar-refractivity contribution in [3.8, 4) is 0 Å². The summed E-state index contributed by atoms with van der Waals surface area (Å²) in [6.45, 7) is 3.72. The standard InChI is InChI=1S/C8H20N2O3S/c1-8(11)4-7-9-5-3-6-10-14(2,12)13/h8-11H,3-7H2,1-2H3. The Morgan fingerprint density at radius 2 is 1.93 bits per heavy atom. The highest BCUT2D eigenvalue weighted by molar-refractivity contribution is 7.88. The van der Waals surface area contributed by atoms with Crippen LogP contribution in [0.5, 0.6) is 0 Å². The third kappa shape index (κ3) is 11.8. The number of hydrogen-bond acceptors (Lipinski definition) is 4. The second-order valence-corrected chi connectivity index (χ2v) is 5.24. The molecule has 86 valence electrons. The first-order valence-corrected chi connectivity index (χ1v) is 6.64. The quantitative estimate of drug-likeness (QED) is 0.476. The minimum absolute atomic E-state index is 0.281. The number of rotatable bonds is 8. The van der Waals surface area contributed by atoms with E-state index in [0.29, 0.717) is 6.54 Å². The maximum atomic E-state index is 10.6. The molecule has 0 saturated heterocycles. The van der Waals surface area contributed by atoms with Gasteiger partial charge in [-0.2, -0.15) is 0 Å². The second kappa shape index (κ2) is 7.17. The molecule has 14 heavy (non-hydrogen) atoms. The van der Waals surface area contributed by atoms with Gasteiger partial charge in [0.05, 0.1) is 12.4 Å². The molecule has 0 rings (SSSR count). The first-order valence-electron chi connectivity index (χ1n) is 4.75. The van der Waals surface area contributed by atoms with E-state index in [1.54, 1.807) is 6.92 Å². The van der Waals surface area contributed by atoms with Gasteiger partial charge in [0.15, 0.2) is 0 Å². The van der Waals surface area contributed by atoms with Crippen molar-refractivity contribution in [2.24, 2.45) is 0 Å². The van der Waals surface area contributed by atoms with Gasteiger partial charge in [-0.15, -0.1) is 0 Å². The van der Waals surface area contributed by atoms with E-state index >= 15 is 0 Å². The molecule has 0 heterocycles. The number of hydrogen-bond donors (Lipinski definition) is 3. The topological polar surface area (TPSA) is 78.4 Å². The monoisotopic (exact) mass is 224 g/mol. The summed E-state index contributed by atoms with van der Waals surface area (Å²) < 4.78 is 23.7. The van der Waals surface area contributed by atoms with Crippen molar-refractivity contribution in [3.05, 3.63) is 0 Å². The van der Waals surface area contributed by atoms with Crippen LogP contribution in [-0.2, 0) is 10.0 Å². The van der Waals surface area contributed by atoms with Crippen LogP contribution in [0.15, 0.2) is 0 Å². The van der Waals surface area contributed by atoms with E-state index in [1.165, 1.54) is 0 Å². The minimum Gasteiger partial charge on any atom is -0.393 e. The Morgan fingerprint density at radius 1 is 1.29 bits per heavy atom. The zero-order valence-corrected chi connectivity index (χ0v) is 9.60.